The SMILES string of the molecule is COC(=O)C(NC(=O)c1ccc(I)cc1)C(C)(C)N. The molecular weight excluding hydrogens is 359 g/mol. The van der Waals surface area contributed by atoms with Gasteiger partial charge in [-0.25, -0.2) is 4.79 Å². The van der Waals surface area contributed by atoms with Crippen molar-refractivity contribution in [2.24, 2.45) is 5.73 Å². The van der Waals surface area contributed by atoms with Crippen LogP contribution in [0.2, 0.25) is 0 Å². The van der Waals surface area contributed by atoms with E-state index in [1.54, 1.807) is 26.0 Å². The molecule has 1 atom stereocenters. The highest BCUT2D eigenvalue weighted by Crippen LogP contribution is 2.10. The molecule has 0 saturated heterocycles. The summed E-state index contributed by atoms with van der Waals surface area (Å²) in [5, 5.41) is 2.60. The van der Waals surface area contributed by atoms with Crippen LogP contribution in [0.4, 0.5) is 0 Å². The summed E-state index contributed by atoms with van der Waals surface area (Å²) in [7, 11) is 1.26. The molecular formula is C13H17IN2O3. The topological polar surface area (TPSA) is 81.4 Å². The molecule has 0 heterocycles. The second-order valence-corrected chi connectivity index (χ2v) is 6.00. The molecule has 1 rings (SSSR count). The van der Waals surface area contributed by atoms with E-state index in [0.29, 0.717) is 5.56 Å². The predicted octanol–water partition coefficient (Wildman–Crippen LogP) is 1.30. The minimum atomic E-state index is -0.911. The van der Waals surface area contributed by atoms with Gasteiger partial charge in [0.1, 0.15) is 6.04 Å². The molecule has 1 aromatic carbocycles. The van der Waals surface area contributed by atoms with Gasteiger partial charge >= 0.3 is 5.97 Å². The van der Waals surface area contributed by atoms with Crippen LogP contribution >= 0.6 is 22.6 Å². The fraction of sp³-hybridized carbons (Fsp3) is 0.385. The summed E-state index contributed by atoms with van der Waals surface area (Å²) in [5.74, 6) is -0.920. The third-order valence-electron chi connectivity index (χ3n) is 2.56. The lowest BCUT2D eigenvalue weighted by molar-refractivity contribution is -0.144. The van der Waals surface area contributed by atoms with E-state index in [4.69, 9.17) is 5.73 Å². The van der Waals surface area contributed by atoms with E-state index in [0.717, 1.165) is 3.57 Å². The van der Waals surface area contributed by atoms with E-state index < -0.39 is 17.6 Å². The molecule has 0 saturated carbocycles. The summed E-state index contributed by atoms with van der Waals surface area (Å²) in [5.41, 5.74) is 5.45. The number of hydrogen-bond acceptors (Lipinski definition) is 4. The Hall–Kier alpha value is -1.15. The van der Waals surface area contributed by atoms with Crippen molar-refractivity contribution < 1.29 is 14.3 Å². The van der Waals surface area contributed by atoms with Gasteiger partial charge in [-0.3, -0.25) is 4.79 Å². The van der Waals surface area contributed by atoms with Gasteiger partial charge in [0.25, 0.3) is 5.91 Å². The first-order valence-corrected chi connectivity index (χ1v) is 6.76. The maximum Gasteiger partial charge on any atom is 0.330 e. The van der Waals surface area contributed by atoms with Crippen molar-refractivity contribution in [3.05, 3.63) is 33.4 Å². The molecule has 0 aliphatic rings. The quantitative estimate of drug-likeness (QED) is 0.613. The van der Waals surface area contributed by atoms with E-state index in [9.17, 15) is 9.59 Å². The highest BCUT2D eigenvalue weighted by molar-refractivity contribution is 14.1. The van der Waals surface area contributed by atoms with Crippen LogP contribution in [0.5, 0.6) is 0 Å². The van der Waals surface area contributed by atoms with Crippen LogP contribution < -0.4 is 11.1 Å². The number of nitrogens with one attached hydrogen (secondary N) is 1. The van der Waals surface area contributed by atoms with Gasteiger partial charge in [0.05, 0.1) is 7.11 Å². The van der Waals surface area contributed by atoms with Crippen LogP contribution in [-0.2, 0) is 9.53 Å². The van der Waals surface area contributed by atoms with Crippen molar-refractivity contribution in [2.75, 3.05) is 7.11 Å². The number of carbonyl (C=O) groups is 2. The third kappa shape index (κ3) is 4.46. The Labute approximate surface area is 126 Å². The first-order chi connectivity index (χ1) is 8.75. The minimum Gasteiger partial charge on any atom is -0.467 e. The standard InChI is InChI=1S/C13H17IN2O3/c1-13(2,15)10(12(18)19-3)16-11(17)8-4-6-9(14)7-5-8/h4-7,10H,15H2,1-3H3,(H,16,17). The normalized spacial score (nSPS) is 12.7. The Kier molecular flexibility index (Phi) is 5.30. The molecule has 104 valence electrons. The van der Waals surface area contributed by atoms with Gasteiger partial charge in [0.15, 0.2) is 0 Å². The van der Waals surface area contributed by atoms with Gasteiger partial charge in [0, 0.05) is 14.7 Å². The number of hydrogen-bond donors (Lipinski definition) is 2. The highest BCUT2D eigenvalue weighted by Gasteiger charge is 2.34. The van der Waals surface area contributed by atoms with Gasteiger partial charge in [0.2, 0.25) is 0 Å². The number of carbonyl (C=O) groups excluding carboxylic acids is 2. The lowest BCUT2D eigenvalue weighted by Gasteiger charge is -2.28. The van der Waals surface area contributed by atoms with Crippen LogP contribution in [0.1, 0.15) is 24.2 Å². The average Bonchev–Trinajstić information content (AvgIpc) is 2.34. The zero-order chi connectivity index (χ0) is 14.6. The van der Waals surface area contributed by atoms with Crippen molar-refractivity contribution in [3.63, 3.8) is 0 Å². The van der Waals surface area contributed by atoms with Crippen molar-refractivity contribution >= 4 is 34.5 Å². The zero-order valence-electron chi connectivity index (χ0n) is 11.1. The van der Waals surface area contributed by atoms with Gasteiger partial charge < -0.3 is 15.8 Å². The van der Waals surface area contributed by atoms with E-state index in [1.807, 2.05) is 12.1 Å². The summed E-state index contributed by atoms with van der Waals surface area (Å²) in [4.78, 5) is 23.7. The highest BCUT2D eigenvalue weighted by atomic mass is 127. The molecule has 1 amide bonds. The summed E-state index contributed by atoms with van der Waals surface area (Å²) in [6.45, 7) is 3.31. The Morgan fingerprint density at radius 1 is 1.32 bits per heavy atom. The van der Waals surface area contributed by atoms with Crippen LogP contribution in [0, 0.1) is 3.57 Å². The van der Waals surface area contributed by atoms with Crippen molar-refractivity contribution in [1.29, 1.82) is 0 Å². The summed E-state index contributed by atoms with van der Waals surface area (Å²) < 4.78 is 5.69. The lowest BCUT2D eigenvalue weighted by atomic mass is 9.95. The fourth-order valence-electron chi connectivity index (χ4n) is 1.48. The molecule has 1 aromatic rings. The number of nitrogens with two attached hydrogens (primary N) is 1. The minimum absolute atomic E-state index is 0.356. The van der Waals surface area contributed by atoms with Crippen LogP contribution in [-0.4, -0.2) is 30.6 Å². The lowest BCUT2D eigenvalue weighted by Crippen LogP contribution is -2.59. The average molecular weight is 376 g/mol. The van der Waals surface area contributed by atoms with Gasteiger partial charge in [-0.15, -0.1) is 0 Å². The number of amides is 1. The number of halogens is 1. The first-order valence-electron chi connectivity index (χ1n) is 5.69. The molecule has 0 aliphatic heterocycles. The molecule has 5 nitrogen and oxygen atoms in total. The number of esters is 1. The monoisotopic (exact) mass is 376 g/mol. The van der Waals surface area contributed by atoms with Crippen molar-refractivity contribution in [2.45, 2.75) is 25.4 Å². The number of ether oxygens (including phenoxy) is 1. The molecule has 19 heavy (non-hydrogen) atoms. The Morgan fingerprint density at radius 2 is 1.84 bits per heavy atom. The van der Waals surface area contributed by atoms with Gasteiger partial charge in [-0.05, 0) is 60.7 Å². The Morgan fingerprint density at radius 3 is 2.26 bits per heavy atom. The fourth-order valence-corrected chi connectivity index (χ4v) is 1.84. The maximum atomic E-state index is 12.1. The molecule has 3 N–H and O–H groups in total. The number of methoxy groups -OCH3 is 1. The second-order valence-electron chi connectivity index (χ2n) is 4.76. The smallest absolute Gasteiger partial charge is 0.330 e. The number of rotatable bonds is 4. The number of benzene rings is 1. The van der Waals surface area contributed by atoms with E-state index in [-0.39, 0.29) is 5.91 Å². The molecule has 0 fully saturated rings. The summed E-state index contributed by atoms with van der Waals surface area (Å²) in [6, 6.07) is 6.11. The second kappa shape index (κ2) is 6.33. The summed E-state index contributed by atoms with van der Waals surface area (Å²) in [6.07, 6.45) is 0. The van der Waals surface area contributed by atoms with E-state index in [2.05, 4.69) is 32.6 Å². The Bertz CT molecular complexity index is 466. The van der Waals surface area contributed by atoms with Crippen LogP contribution in [0.3, 0.4) is 0 Å². The molecule has 0 bridgehead atoms. The molecule has 0 aliphatic carbocycles. The van der Waals surface area contributed by atoms with E-state index in [1.165, 1.54) is 7.11 Å². The van der Waals surface area contributed by atoms with Crippen molar-refractivity contribution in [3.8, 4) is 0 Å². The van der Waals surface area contributed by atoms with Gasteiger partial charge in [-0.1, -0.05) is 0 Å². The third-order valence-corrected chi connectivity index (χ3v) is 3.28. The van der Waals surface area contributed by atoms with Crippen LogP contribution in [0.15, 0.2) is 24.3 Å². The molecule has 6 heteroatoms. The van der Waals surface area contributed by atoms with E-state index >= 15 is 0 Å². The summed E-state index contributed by atoms with van der Waals surface area (Å²) >= 11 is 2.15. The molecule has 1 unspecified atom stereocenters. The van der Waals surface area contributed by atoms with Crippen LogP contribution in [0.25, 0.3) is 0 Å². The Balaban J connectivity index is 2.88. The molecule has 0 aromatic heterocycles. The molecule has 0 spiro atoms. The van der Waals surface area contributed by atoms with Crippen molar-refractivity contribution in [1.82, 2.24) is 5.32 Å². The largest absolute Gasteiger partial charge is 0.467 e. The predicted molar refractivity (Wildman–Crippen MR) is 80.7 cm³/mol. The molecule has 0 radical (unpaired) electrons. The van der Waals surface area contributed by atoms with Gasteiger partial charge in [-0.2, -0.15) is 0 Å². The zero-order valence-corrected chi connectivity index (χ0v) is 13.2. The first kappa shape index (κ1) is 15.9. The maximum absolute atomic E-state index is 12.1.